The fourth-order valence-electron chi connectivity index (χ4n) is 1.16. The van der Waals surface area contributed by atoms with E-state index in [9.17, 15) is 0 Å². The number of rotatable bonds is 7. The average molecular weight is 228 g/mol. The quantitative estimate of drug-likeness (QED) is 0.293. The van der Waals surface area contributed by atoms with Gasteiger partial charge in [-0.05, 0) is 19.3 Å². The lowest BCUT2D eigenvalue weighted by atomic mass is 10.2. The predicted molar refractivity (Wildman–Crippen MR) is 59.6 cm³/mol. The van der Waals surface area contributed by atoms with Crippen LogP contribution < -0.4 is 16.8 Å². The summed E-state index contributed by atoms with van der Waals surface area (Å²) in [6, 6.07) is 0. The highest BCUT2D eigenvalue weighted by Crippen LogP contribution is 2.04. The van der Waals surface area contributed by atoms with Gasteiger partial charge < -0.3 is 16.8 Å². The van der Waals surface area contributed by atoms with E-state index in [1.54, 1.807) is 0 Å². The molecule has 0 amide bonds. The van der Waals surface area contributed by atoms with Crippen LogP contribution in [0.4, 0.5) is 17.8 Å². The van der Waals surface area contributed by atoms with Crippen molar-refractivity contribution < 1.29 is 10.1 Å². The van der Waals surface area contributed by atoms with E-state index in [4.69, 9.17) is 16.7 Å². The van der Waals surface area contributed by atoms with E-state index in [0.717, 1.165) is 19.3 Å². The van der Waals surface area contributed by atoms with Gasteiger partial charge in [0.05, 0.1) is 6.61 Å². The molecule has 0 aromatic carbocycles. The summed E-state index contributed by atoms with van der Waals surface area (Å²) in [5, 5.41) is 11.1. The van der Waals surface area contributed by atoms with Crippen molar-refractivity contribution in [1.82, 2.24) is 15.0 Å². The van der Waals surface area contributed by atoms with Crippen molar-refractivity contribution in [3.05, 3.63) is 0 Å². The van der Waals surface area contributed by atoms with E-state index in [1.165, 1.54) is 0 Å². The molecule has 0 saturated heterocycles. The van der Waals surface area contributed by atoms with E-state index >= 15 is 0 Å². The summed E-state index contributed by atoms with van der Waals surface area (Å²) in [5.74, 6) is 0.579. The number of nitrogens with two attached hydrogens (primary N) is 2. The second kappa shape index (κ2) is 6.75. The number of nitrogens with zero attached hydrogens (tertiary/aromatic N) is 3. The minimum absolute atomic E-state index is 0.101. The second-order valence-electron chi connectivity index (χ2n) is 3.20. The molecule has 6 N–H and O–H groups in total. The summed E-state index contributed by atoms with van der Waals surface area (Å²) >= 11 is 0. The maximum atomic E-state index is 8.09. The van der Waals surface area contributed by atoms with Gasteiger partial charge in [0, 0.05) is 6.54 Å². The Morgan fingerprint density at radius 3 is 2.38 bits per heavy atom. The van der Waals surface area contributed by atoms with Gasteiger partial charge in [0.2, 0.25) is 17.8 Å². The van der Waals surface area contributed by atoms with E-state index in [0.29, 0.717) is 19.1 Å². The van der Waals surface area contributed by atoms with Gasteiger partial charge in [-0.1, -0.05) is 0 Å². The Hall–Kier alpha value is -1.67. The first kappa shape index (κ1) is 12.4. The lowest BCUT2D eigenvalue weighted by molar-refractivity contribution is -0.242. The molecule has 0 aliphatic carbocycles. The third-order valence-corrected chi connectivity index (χ3v) is 1.87. The van der Waals surface area contributed by atoms with Crippen LogP contribution in [0.5, 0.6) is 0 Å². The second-order valence-corrected chi connectivity index (χ2v) is 3.20. The van der Waals surface area contributed by atoms with Crippen molar-refractivity contribution in [2.45, 2.75) is 19.3 Å². The zero-order valence-electron chi connectivity index (χ0n) is 8.89. The van der Waals surface area contributed by atoms with Gasteiger partial charge >= 0.3 is 0 Å². The molecule has 0 aliphatic heterocycles. The number of hydrogen-bond acceptors (Lipinski definition) is 8. The van der Waals surface area contributed by atoms with Crippen molar-refractivity contribution in [3.63, 3.8) is 0 Å². The normalized spacial score (nSPS) is 10.3. The van der Waals surface area contributed by atoms with Crippen LogP contribution in [-0.2, 0) is 4.89 Å². The molecule has 8 nitrogen and oxygen atoms in total. The van der Waals surface area contributed by atoms with Gasteiger partial charge in [-0.2, -0.15) is 15.0 Å². The molecular formula is C8H16N6O2. The third kappa shape index (κ3) is 4.71. The van der Waals surface area contributed by atoms with Gasteiger partial charge in [0.25, 0.3) is 0 Å². The standard InChI is InChI=1S/C8H16N6O2/c9-6-12-7(10)14-8(13-6)11-4-2-1-3-5-16-15/h15H,1-5H2,(H5,9,10,11,12,13,14). The summed E-state index contributed by atoms with van der Waals surface area (Å²) < 4.78 is 0. The summed E-state index contributed by atoms with van der Waals surface area (Å²) in [6.45, 7) is 1.06. The third-order valence-electron chi connectivity index (χ3n) is 1.87. The molecule has 1 aromatic rings. The minimum atomic E-state index is 0.101. The van der Waals surface area contributed by atoms with Crippen molar-refractivity contribution in [2.75, 3.05) is 29.9 Å². The number of nitrogen functional groups attached to an aromatic ring is 2. The molecule has 1 aromatic heterocycles. The SMILES string of the molecule is Nc1nc(N)nc(NCCCCCOO)n1. The fraction of sp³-hybridized carbons (Fsp3) is 0.625. The number of nitrogens with one attached hydrogen (secondary N) is 1. The molecule has 8 heteroatoms. The lowest BCUT2D eigenvalue weighted by Gasteiger charge is -2.05. The Kier molecular flexibility index (Phi) is 5.23. The van der Waals surface area contributed by atoms with Crippen LogP contribution in [0, 0.1) is 0 Å². The number of hydrogen-bond donors (Lipinski definition) is 4. The number of aromatic nitrogens is 3. The maximum Gasteiger partial charge on any atom is 0.229 e. The first-order chi connectivity index (χ1) is 7.72. The highest BCUT2D eigenvalue weighted by atomic mass is 17.1. The molecule has 1 rings (SSSR count). The molecule has 1 heterocycles. The molecule has 16 heavy (non-hydrogen) atoms. The number of anilines is 3. The predicted octanol–water partition coefficient (Wildman–Crippen LogP) is 0.108. The van der Waals surface area contributed by atoms with Crippen molar-refractivity contribution in [3.8, 4) is 0 Å². The Labute approximate surface area is 93.0 Å². The minimum Gasteiger partial charge on any atom is -0.368 e. The highest BCUT2D eigenvalue weighted by molar-refractivity contribution is 5.36. The molecule has 0 spiro atoms. The summed E-state index contributed by atoms with van der Waals surface area (Å²) in [6.07, 6.45) is 2.65. The lowest BCUT2D eigenvalue weighted by Crippen LogP contribution is -2.10. The van der Waals surface area contributed by atoms with Crippen LogP contribution >= 0.6 is 0 Å². The van der Waals surface area contributed by atoms with E-state index in [1.807, 2.05) is 0 Å². The molecule has 0 saturated carbocycles. The average Bonchev–Trinajstić information content (AvgIpc) is 2.22. The zero-order chi connectivity index (χ0) is 11.8. The monoisotopic (exact) mass is 228 g/mol. The van der Waals surface area contributed by atoms with Gasteiger partial charge in [-0.15, -0.1) is 0 Å². The van der Waals surface area contributed by atoms with Gasteiger partial charge in [0.1, 0.15) is 0 Å². The highest BCUT2D eigenvalue weighted by Gasteiger charge is 2.00. The Bertz CT molecular complexity index is 301. The molecule has 0 fully saturated rings. The Balaban J connectivity index is 2.21. The molecule has 0 atom stereocenters. The number of unbranched alkanes of at least 4 members (excludes halogenated alkanes) is 2. The molecule has 0 unspecified atom stereocenters. The van der Waals surface area contributed by atoms with Crippen LogP contribution in [0.25, 0.3) is 0 Å². The molecule has 90 valence electrons. The topological polar surface area (TPSA) is 132 Å². The molecule has 0 bridgehead atoms. The van der Waals surface area contributed by atoms with E-state index in [-0.39, 0.29) is 11.9 Å². The van der Waals surface area contributed by atoms with Gasteiger partial charge in [-0.3, -0.25) is 5.26 Å². The largest absolute Gasteiger partial charge is 0.368 e. The first-order valence-electron chi connectivity index (χ1n) is 4.99. The first-order valence-corrected chi connectivity index (χ1v) is 4.99. The van der Waals surface area contributed by atoms with Crippen LogP contribution in [0.15, 0.2) is 0 Å². The van der Waals surface area contributed by atoms with Crippen molar-refractivity contribution >= 4 is 17.8 Å². The van der Waals surface area contributed by atoms with E-state index in [2.05, 4.69) is 25.2 Å². The van der Waals surface area contributed by atoms with Gasteiger partial charge in [0.15, 0.2) is 0 Å². The van der Waals surface area contributed by atoms with Crippen LogP contribution in [0.2, 0.25) is 0 Å². The Morgan fingerprint density at radius 2 is 1.75 bits per heavy atom. The van der Waals surface area contributed by atoms with Crippen LogP contribution in [0.1, 0.15) is 19.3 Å². The summed E-state index contributed by atoms with van der Waals surface area (Å²) in [4.78, 5) is 15.3. The molecule has 0 radical (unpaired) electrons. The zero-order valence-corrected chi connectivity index (χ0v) is 8.89. The van der Waals surface area contributed by atoms with Crippen molar-refractivity contribution in [2.24, 2.45) is 0 Å². The van der Waals surface area contributed by atoms with Crippen molar-refractivity contribution in [1.29, 1.82) is 0 Å². The Morgan fingerprint density at radius 1 is 1.06 bits per heavy atom. The maximum absolute atomic E-state index is 8.09. The summed E-state index contributed by atoms with van der Waals surface area (Å²) in [5.41, 5.74) is 10.8. The van der Waals surface area contributed by atoms with Crippen LogP contribution in [0.3, 0.4) is 0 Å². The van der Waals surface area contributed by atoms with E-state index < -0.39 is 0 Å². The van der Waals surface area contributed by atoms with Gasteiger partial charge in [-0.25, -0.2) is 4.89 Å². The molecule has 0 aliphatic rings. The summed E-state index contributed by atoms with van der Waals surface area (Å²) in [7, 11) is 0. The molecular weight excluding hydrogens is 212 g/mol. The van der Waals surface area contributed by atoms with Crippen LogP contribution in [-0.4, -0.2) is 33.4 Å². The smallest absolute Gasteiger partial charge is 0.229 e. The fourth-order valence-corrected chi connectivity index (χ4v) is 1.16.